The van der Waals surface area contributed by atoms with Crippen LogP contribution in [-0.2, 0) is 5.92 Å². The highest BCUT2D eigenvalue weighted by atomic mass is 19.3. The molecule has 0 saturated carbocycles. The minimum absolute atomic E-state index is 0.0164. The van der Waals surface area contributed by atoms with E-state index in [0.717, 1.165) is 12.3 Å². The van der Waals surface area contributed by atoms with Crippen molar-refractivity contribution in [2.24, 2.45) is 0 Å². The molecule has 8 nitrogen and oxygen atoms in total. The van der Waals surface area contributed by atoms with E-state index in [-0.39, 0.29) is 28.7 Å². The average Bonchev–Trinajstić information content (AvgIpc) is 3.08. The molecule has 0 radical (unpaired) electrons. The standard InChI is InChI=1S/C21H19F3N6O2/c1-11(27-18-14(21(2,23)24)9-26-20(25)28-18)15-10-29-7-6-16(31)17(29)19(32)30(15)13-5-3-4-12(22)8-13/h3-11,31H,1-2H3,(H3,25,26,27,28). The minimum Gasteiger partial charge on any atom is -0.505 e. The Balaban J connectivity index is 1.91. The normalized spacial score (nSPS) is 12.8. The lowest BCUT2D eigenvalue weighted by atomic mass is 10.1. The molecule has 32 heavy (non-hydrogen) atoms. The number of benzene rings is 1. The second kappa shape index (κ2) is 7.59. The predicted octanol–water partition coefficient (Wildman–Crippen LogP) is 3.59. The lowest BCUT2D eigenvalue weighted by Gasteiger charge is -2.23. The number of aromatic hydroxyl groups is 1. The quantitative estimate of drug-likeness (QED) is 0.434. The highest BCUT2D eigenvalue weighted by molar-refractivity contribution is 5.60. The van der Waals surface area contributed by atoms with Gasteiger partial charge in [-0.2, -0.15) is 4.98 Å². The summed E-state index contributed by atoms with van der Waals surface area (Å²) in [6, 6.07) is 5.91. The van der Waals surface area contributed by atoms with Crippen LogP contribution in [0.4, 0.5) is 24.9 Å². The molecule has 3 aromatic heterocycles. The molecule has 0 bridgehead atoms. The number of alkyl halides is 2. The fourth-order valence-electron chi connectivity index (χ4n) is 3.48. The van der Waals surface area contributed by atoms with Crippen molar-refractivity contribution in [3.63, 3.8) is 0 Å². The van der Waals surface area contributed by atoms with Crippen LogP contribution in [0.15, 0.2) is 53.7 Å². The van der Waals surface area contributed by atoms with Gasteiger partial charge in [0.2, 0.25) is 5.95 Å². The molecule has 4 aromatic rings. The summed E-state index contributed by atoms with van der Waals surface area (Å²) in [7, 11) is 0. The van der Waals surface area contributed by atoms with E-state index in [4.69, 9.17) is 5.73 Å². The van der Waals surface area contributed by atoms with Crippen LogP contribution < -0.4 is 16.6 Å². The topological polar surface area (TPSA) is 110 Å². The molecule has 1 atom stereocenters. The van der Waals surface area contributed by atoms with Gasteiger partial charge in [-0.1, -0.05) is 6.07 Å². The van der Waals surface area contributed by atoms with Crippen molar-refractivity contribution in [3.05, 3.63) is 76.4 Å². The van der Waals surface area contributed by atoms with Crippen LogP contribution in [0, 0.1) is 5.82 Å². The number of hydrogen-bond acceptors (Lipinski definition) is 6. The number of nitrogen functional groups attached to an aromatic ring is 1. The molecule has 0 aliphatic carbocycles. The smallest absolute Gasteiger partial charge is 0.283 e. The van der Waals surface area contributed by atoms with Crippen molar-refractivity contribution in [3.8, 4) is 11.4 Å². The molecule has 166 valence electrons. The van der Waals surface area contributed by atoms with Gasteiger partial charge in [0, 0.05) is 25.5 Å². The highest BCUT2D eigenvalue weighted by Crippen LogP contribution is 2.33. The zero-order valence-corrected chi connectivity index (χ0v) is 17.1. The lowest BCUT2D eigenvalue weighted by molar-refractivity contribution is 0.0175. The van der Waals surface area contributed by atoms with Crippen molar-refractivity contribution < 1.29 is 18.3 Å². The van der Waals surface area contributed by atoms with Crippen LogP contribution in [0.1, 0.15) is 31.1 Å². The molecule has 0 spiro atoms. The van der Waals surface area contributed by atoms with Crippen molar-refractivity contribution in [2.75, 3.05) is 11.1 Å². The van der Waals surface area contributed by atoms with Gasteiger partial charge >= 0.3 is 0 Å². The second-order valence-electron chi connectivity index (χ2n) is 7.38. The molecule has 3 heterocycles. The van der Waals surface area contributed by atoms with Gasteiger partial charge in [-0.3, -0.25) is 9.36 Å². The zero-order chi connectivity index (χ0) is 23.2. The van der Waals surface area contributed by atoms with E-state index in [9.17, 15) is 23.1 Å². The number of nitrogens with two attached hydrogens (primary N) is 1. The predicted molar refractivity (Wildman–Crippen MR) is 113 cm³/mol. The van der Waals surface area contributed by atoms with E-state index in [0.29, 0.717) is 12.6 Å². The van der Waals surface area contributed by atoms with Gasteiger partial charge in [0.25, 0.3) is 11.5 Å². The van der Waals surface area contributed by atoms with Gasteiger partial charge in [-0.25, -0.2) is 18.2 Å². The molecule has 1 aromatic carbocycles. The first kappa shape index (κ1) is 21.2. The number of anilines is 2. The Hall–Kier alpha value is -4.02. The third kappa shape index (κ3) is 3.72. The number of aromatic nitrogens is 4. The number of halogens is 3. The van der Waals surface area contributed by atoms with Crippen LogP contribution in [0.3, 0.4) is 0 Å². The Bertz CT molecular complexity index is 1380. The maximum absolute atomic E-state index is 14.1. The van der Waals surface area contributed by atoms with Crippen LogP contribution >= 0.6 is 0 Å². The van der Waals surface area contributed by atoms with Crippen LogP contribution in [0.5, 0.6) is 5.75 Å². The summed E-state index contributed by atoms with van der Waals surface area (Å²) in [6.45, 7) is 2.32. The SMILES string of the molecule is CC(Nc1nc(N)ncc1C(C)(F)F)c1cn2ccc(O)c2c(=O)n1-c1cccc(F)c1. The minimum atomic E-state index is -3.26. The van der Waals surface area contributed by atoms with E-state index in [2.05, 4.69) is 15.3 Å². The molecule has 4 rings (SSSR count). The summed E-state index contributed by atoms with van der Waals surface area (Å²) in [5, 5.41) is 13.0. The number of nitrogens with one attached hydrogen (secondary N) is 1. The number of hydrogen-bond donors (Lipinski definition) is 3. The molecule has 0 fully saturated rings. The van der Waals surface area contributed by atoms with Crippen molar-refractivity contribution in [1.82, 2.24) is 18.9 Å². The Morgan fingerprint density at radius 3 is 2.72 bits per heavy atom. The summed E-state index contributed by atoms with van der Waals surface area (Å²) in [6.07, 6.45) is 3.95. The Labute approximate surface area is 179 Å². The van der Waals surface area contributed by atoms with E-state index in [1.165, 1.54) is 45.6 Å². The molecule has 4 N–H and O–H groups in total. The van der Waals surface area contributed by atoms with E-state index in [1.807, 2.05) is 0 Å². The summed E-state index contributed by atoms with van der Waals surface area (Å²) >= 11 is 0. The van der Waals surface area contributed by atoms with Crippen molar-refractivity contribution >= 4 is 17.3 Å². The van der Waals surface area contributed by atoms with Gasteiger partial charge in [-0.05, 0) is 31.2 Å². The maximum Gasteiger partial charge on any atom is 0.283 e. The number of rotatable bonds is 5. The molecule has 1 unspecified atom stereocenters. The molecule has 0 amide bonds. The van der Waals surface area contributed by atoms with E-state index in [1.54, 1.807) is 6.92 Å². The third-order valence-corrected chi connectivity index (χ3v) is 4.97. The summed E-state index contributed by atoms with van der Waals surface area (Å²) in [5.74, 6) is -4.48. The van der Waals surface area contributed by atoms with Gasteiger partial charge in [0.15, 0.2) is 5.52 Å². The van der Waals surface area contributed by atoms with Gasteiger partial charge in [0.05, 0.1) is 23.0 Å². The molecular weight excluding hydrogens is 425 g/mol. The first-order valence-corrected chi connectivity index (χ1v) is 9.55. The highest BCUT2D eigenvalue weighted by Gasteiger charge is 2.30. The summed E-state index contributed by atoms with van der Waals surface area (Å²) < 4.78 is 44.7. The van der Waals surface area contributed by atoms with Crippen molar-refractivity contribution in [1.29, 1.82) is 0 Å². The van der Waals surface area contributed by atoms with Crippen LogP contribution in [-0.4, -0.2) is 24.0 Å². The third-order valence-electron chi connectivity index (χ3n) is 4.97. The molecular formula is C21H19F3N6O2. The second-order valence-corrected chi connectivity index (χ2v) is 7.38. The Morgan fingerprint density at radius 1 is 1.28 bits per heavy atom. The monoisotopic (exact) mass is 444 g/mol. The molecule has 11 heteroatoms. The van der Waals surface area contributed by atoms with Gasteiger partial charge in [0.1, 0.15) is 17.4 Å². The lowest BCUT2D eigenvalue weighted by Crippen LogP contribution is -2.27. The van der Waals surface area contributed by atoms with E-state index >= 15 is 0 Å². The number of fused-ring (bicyclic) bond motifs is 1. The largest absolute Gasteiger partial charge is 0.505 e. The van der Waals surface area contributed by atoms with Crippen molar-refractivity contribution in [2.45, 2.75) is 25.8 Å². The van der Waals surface area contributed by atoms with Gasteiger partial charge in [-0.15, -0.1) is 0 Å². The first-order chi connectivity index (χ1) is 15.1. The summed E-state index contributed by atoms with van der Waals surface area (Å²) in [5.41, 5.74) is 4.98. The summed E-state index contributed by atoms with van der Waals surface area (Å²) in [4.78, 5) is 20.8. The fourth-order valence-corrected chi connectivity index (χ4v) is 3.48. The van der Waals surface area contributed by atoms with Gasteiger partial charge < -0.3 is 20.6 Å². The average molecular weight is 444 g/mol. The molecule has 0 aliphatic rings. The zero-order valence-electron chi connectivity index (χ0n) is 17.1. The maximum atomic E-state index is 14.1. The Kier molecular flexibility index (Phi) is 5.03. The Morgan fingerprint density at radius 2 is 2.03 bits per heavy atom. The molecule has 0 saturated heterocycles. The first-order valence-electron chi connectivity index (χ1n) is 9.55. The van der Waals surface area contributed by atoms with Crippen LogP contribution in [0.2, 0.25) is 0 Å². The fraction of sp³-hybridized carbons (Fsp3) is 0.190. The van der Waals surface area contributed by atoms with E-state index < -0.39 is 28.9 Å². The molecule has 0 aliphatic heterocycles. The van der Waals surface area contributed by atoms with Crippen LogP contribution in [0.25, 0.3) is 11.2 Å². The number of nitrogens with zero attached hydrogens (tertiary/aromatic N) is 4.